The molecular formula is C23H29N3O3. The van der Waals surface area contributed by atoms with Crippen LogP contribution >= 0.6 is 0 Å². The number of ether oxygens (including phenoxy) is 1. The molecule has 2 saturated heterocycles. The molecule has 1 amide bonds. The third-order valence-corrected chi connectivity index (χ3v) is 6.64. The first kappa shape index (κ1) is 19.7. The second-order valence-electron chi connectivity index (χ2n) is 8.47. The van der Waals surface area contributed by atoms with Crippen LogP contribution in [0.3, 0.4) is 0 Å². The lowest BCUT2D eigenvalue weighted by Gasteiger charge is -2.27. The van der Waals surface area contributed by atoms with Gasteiger partial charge < -0.3 is 14.6 Å². The fourth-order valence-corrected chi connectivity index (χ4v) is 5.31. The van der Waals surface area contributed by atoms with Gasteiger partial charge in [0.15, 0.2) is 5.78 Å². The molecule has 2 aromatic rings. The fraction of sp³-hybridized carbons (Fsp3) is 0.478. The van der Waals surface area contributed by atoms with E-state index in [1.807, 2.05) is 30.9 Å². The van der Waals surface area contributed by atoms with Crippen molar-refractivity contribution in [1.29, 1.82) is 0 Å². The van der Waals surface area contributed by atoms with Crippen LogP contribution in [0.15, 0.2) is 24.3 Å². The normalized spacial score (nSPS) is 24.0. The highest BCUT2D eigenvalue weighted by atomic mass is 16.5. The van der Waals surface area contributed by atoms with Gasteiger partial charge in [0.25, 0.3) is 5.91 Å². The number of amides is 1. The first-order chi connectivity index (χ1) is 13.8. The number of carbonyl (C=O) groups excluding carboxylic acids is 2. The molecule has 2 fully saturated rings. The Bertz CT molecular complexity index is 947. The maximum absolute atomic E-state index is 13.3. The van der Waals surface area contributed by atoms with Crippen LogP contribution in [0.5, 0.6) is 5.75 Å². The van der Waals surface area contributed by atoms with Gasteiger partial charge in [0.05, 0.1) is 18.4 Å². The van der Waals surface area contributed by atoms with Crippen molar-refractivity contribution < 1.29 is 14.3 Å². The van der Waals surface area contributed by atoms with Crippen LogP contribution in [0.2, 0.25) is 0 Å². The molecule has 0 unspecified atom stereocenters. The maximum Gasteiger partial charge on any atom is 0.255 e. The van der Waals surface area contributed by atoms with Crippen LogP contribution in [-0.2, 0) is 0 Å². The number of aryl methyl sites for hydroxylation is 1. The zero-order chi connectivity index (χ0) is 20.9. The second kappa shape index (κ2) is 7.34. The minimum atomic E-state index is -0.0378. The molecule has 0 spiro atoms. The van der Waals surface area contributed by atoms with Gasteiger partial charge in [0, 0.05) is 44.2 Å². The number of Topliss-reactive ketones (excluding diaryl/α,β-unsaturated/α-hetero) is 1. The minimum absolute atomic E-state index is 0.0364. The molecule has 6 heteroatoms. The number of H-pyrrole nitrogens is 1. The molecule has 1 N–H and O–H groups in total. The van der Waals surface area contributed by atoms with E-state index in [0.717, 1.165) is 36.6 Å². The minimum Gasteiger partial charge on any atom is -0.497 e. The number of aromatic amines is 1. The molecular weight excluding hydrogens is 366 g/mol. The van der Waals surface area contributed by atoms with Gasteiger partial charge in [0.2, 0.25) is 0 Å². The molecule has 4 rings (SSSR count). The summed E-state index contributed by atoms with van der Waals surface area (Å²) in [7, 11) is 3.84. The number of nitrogens with one attached hydrogen (secondary N) is 1. The third-order valence-electron chi connectivity index (χ3n) is 6.64. The van der Waals surface area contributed by atoms with Crippen molar-refractivity contribution in [3.05, 3.63) is 52.3 Å². The van der Waals surface area contributed by atoms with Crippen LogP contribution < -0.4 is 4.74 Å². The Labute approximate surface area is 171 Å². The molecule has 6 nitrogen and oxygen atoms in total. The van der Waals surface area contributed by atoms with Crippen LogP contribution in [0.25, 0.3) is 0 Å². The summed E-state index contributed by atoms with van der Waals surface area (Å²) in [6.45, 7) is 7.75. The third kappa shape index (κ3) is 3.25. The lowest BCUT2D eigenvalue weighted by Crippen LogP contribution is -2.34. The highest BCUT2D eigenvalue weighted by molar-refractivity contribution is 6.02. The van der Waals surface area contributed by atoms with E-state index in [2.05, 4.69) is 29.1 Å². The van der Waals surface area contributed by atoms with Gasteiger partial charge in [-0.1, -0.05) is 12.1 Å². The standard InChI is InChI=1S/C23H29N3O3/c1-13-20(14(2)24-21(13)15(3)27)23(28)26-11-17-10-25(4)22(19(17)12-26)16-6-8-18(29-5)9-7-16/h6-9,17,19,22,24H,10-12H2,1-5H3/t17-,19+,22+/m0/s1. The average molecular weight is 396 g/mol. The van der Waals surface area contributed by atoms with E-state index in [9.17, 15) is 9.59 Å². The summed E-state index contributed by atoms with van der Waals surface area (Å²) in [4.78, 5) is 32.7. The van der Waals surface area contributed by atoms with Crippen molar-refractivity contribution in [3.8, 4) is 5.75 Å². The first-order valence-corrected chi connectivity index (χ1v) is 10.1. The van der Waals surface area contributed by atoms with Crippen molar-refractivity contribution in [3.63, 3.8) is 0 Å². The number of methoxy groups -OCH3 is 1. The van der Waals surface area contributed by atoms with E-state index in [0.29, 0.717) is 29.1 Å². The van der Waals surface area contributed by atoms with Crippen molar-refractivity contribution in [2.75, 3.05) is 33.8 Å². The van der Waals surface area contributed by atoms with E-state index in [4.69, 9.17) is 4.74 Å². The molecule has 0 bridgehead atoms. The maximum atomic E-state index is 13.3. The van der Waals surface area contributed by atoms with E-state index in [-0.39, 0.29) is 11.7 Å². The Balaban J connectivity index is 1.57. The lowest BCUT2D eigenvalue weighted by molar-refractivity contribution is 0.0766. The molecule has 2 aliphatic rings. The topological polar surface area (TPSA) is 65.6 Å². The Kier molecular flexibility index (Phi) is 4.99. The van der Waals surface area contributed by atoms with Gasteiger partial charge in [-0.2, -0.15) is 0 Å². The molecule has 1 aromatic carbocycles. The number of fused-ring (bicyclic) bond motifs is 1. The highest BCUT2D eigenvalue weighted by Crippen LogP contribution is 2.44. The summed E-state index contributed by atoms with van der Waals surface area (Å²) in [5, 5.41) is 0. The number of hydrogen-bond acceptors (Lipinski definition) is 4. The largest absolute Gasteiger partial charge is 0.497 e. The molecule has 3 atom stereocenters. The van der Waals surface area contributed by atoms with Crippen molar-refractivity contribution in [2.45, 2.75) is 26.8 Å². The molecule has 3 heterocycles. The van der Waals surface area contributed by atoms with Gasteiger partial charge in [0.1, 0.15) is 5.75 Å². The summed E-state index contributed by atoms with van der Waals surface area (Å²) in [5.74, 6) is 1.72. The number of carbonyl (C=O) groups is 2. The molecule has 2 aliphatic heterocycles. The Morgan fingerprint density at radius 1 is 1.10 bits per heavy atom. The van der Waals surface area contributed by atoms with Gasteiger partial charge in [-0.3, -0.25) is 14.5 Å². The number of aromatic nitrogens is 1. The Morgan fingerprint density at radius 2 is 1.79 bits per heavy atom. The van der Waals surface area contributed by atoms with E-state index in [1.54, 1.807) is 7.11 Å². The number of benzene rings is 1. The number of nitrogens with zero attached hydrogens (tertiary/aromatic N) is 2. The SMILES string of the molecule is COc1ccc([C@@H]2[C@@H]3CN(C(=O)c4c(C)[nH]c(C(C)=O)c4C)C[C@@H]3CN2C)cc1. The van der Waals surface area contributed by atoms with E-state index < -0.39 is 0 Å². The summed E-state index contributed by atoms with van der Waals surface area (Å²) in [5.41, 5.74) is 4.01. The van der Waals surface area contributed by atoms with Gasteiger partial charge in [-0.15, -0.1) is 0 Å². The molecule has 0 aliphatic carbocycles. The van der Waals surface area contributed by atoms with E-state index in [1.165, 1.54) is 12.5 Å². The lowest BCUT2D eigenvalue weighted by atomic mass is 9.89. The molecule has 1 aromatic heterocycles. The Hall–Kier alpha value is -2.60. The Morgan fingerprint density at radius 3 is 2.38 bits per heavy atom. The zero-order valence-electron chi connectivity index (χ0n) is 17.8. The van der Waals surface area contributed by atoms with E-state index >= 15 is 0 Å². The molecule has 29 heavy (non-hydrogen) atoms. The highest BCUT2D eigenvalue weighted by Gasteiger charge is 2.47. The fourth-order valence-electron chi connectivity index (χ4n) is 5.31. The summed E-state index contributed by atoms with van der Waals surface area (Å²) < 4.78 is 5.29. The molecule has 0 saturated carbocycles. The first-order valence-electron chi connectivity index (χ1n) is 10.1. The van der Waals surface area contributed by atoms with Crippen molar-refractivity contribution >= 4 is 11.7 Å². The molecule has 154 valence electrons. The summed E-state index contributed by atoms with van der Waals surface area (Å²) in [6, 6.07) is 8.57. The van der Waals surface area contributed by atoms with Crippen LogP contribution in [0.4, 0.5) is 0 Å². The van der Waals surface area contributed by atoms with Gasteiger partial charge >= 0.3 is 0 Å². The van der Waals surface area contributed by atoms with Gasteiger partial charge in [-0.25, -0.2) is 0 Å². The number of ketones is 1. The predicted molar refractivity (Wildman–Crippen MR) is 112 cm³/mol. The molecule has 0 radical (unpaired) electrons. The smallest absolute Gasteiger partial charge is 0.255 e. The summed E-state index contributed by atoms with van der Waals surface area (Å²) in [6.07, 6.45) is 0. The van der Waals surface area contributed by atoms with Crippen LogP contribution in [0, 0.1) is 25.7 Å². The van der Waals surface area contributed by atoms with Gasteiger partial charge in [-0.05, 0) is 50.1 Å². The average Bonchev–Trinajstić information content (AvgIpc) is 3.31. The zero-order valence-corrected chi connectivity index (χ0v) is 17.8. The number of hydrogen-bond donors (Lipinski definition) is 1. The summed E-state index contributed by atoms with van der Waals surface area (Å²) >= 11 is 0. The van der Waals surface area contributed by atoms with Crippen LogP contribution in [0.1, 0.15) is 50.6 Å². The second-order valence-corrected chi connectivity index (χ2v) is 8.47. The number of likely N-dealkylation sites (tertiary alicyclic amines) is 2. The predicted octanol–water partition coefficient (Wildman–Crippen LogP) is 3.22. The number of rotatable bonds is 4. The van der Waals surface area contributed by atoms with Crippen molar-refractivity contribution in [1.82, 2.24) is 14.8 Å². The quantitative estimate of drug-likeness (QED) is 0.808. The van der Waals surface area contributed by atoms with Crippen molar-refractivity contribution in [2.24, 2.45) is 11.8 Å². The monoisotopic (exact) mass is 395 g/mol. The van der Waals surface area contributed by atoms with Crippen LogP contribution in [-0.4, -0.2) is 60.3 Å².